The Bertz CT molecular complexity index is 530. The number of methoxy groups -OCH3 is 1. The van der Waals surface area contributed by atoms with Crippen LogP contribution in [0.4, 0.5) is 4.39 Å². The molecule has 0 saturated carbocycles. The molecule has 0 fully saturated rings. The minimum absolute atomic E-state index is 0.155. The fraction of sp³-hybridized carbons (Fsp3) is 0.538. The van der Waals surface area contributed by atoms with Crippen LogP contribution in [0.15, 0.2) is 12.3 Å². The van der Waals surface area contributed by atoms with Crippen molar-refractivity contribution in [2.75, 3.05) is 7.11 Å². The van der Waals surface area contributed by atoms with Crippen LogP contribution in [0.3, 0.4) is 0 Å². The molecule has 1 rings (SSSR count). The van der Waals surface area contributed by atoms with Gasteiger partial charge in [0.2, 0.25) is 0 Å². The highest BCUT2D eigenvalue weighted by Gasteiger charge is 2.40. The Hall–Kier alpha value is -1.51. The van der Waals surface area contributed by atoms with Gasteiger partial charge in [-0.3, -0.25) is 0 Å². The molecular formula is C13H19BFNO5. The molecule has 0 aliphatic carbocycles. The van der Waals surface area contributed by atoms with Gasteiger partial charge in [-0.05, 0) is 33.8 Å². The summed E-state index contributed by atoms with van der Waals surface area (Å²) in [5, 5.41) is 20.0. The summed E-state index contributed by atoms with van der Waals surface area (Å²) in [6.45, 7) is 6.11. The minimum Gasteiger partial charge on any atom is -0.464 e. The van der Waals surface area contributed by atoms with Gasteiger partial charge < -0.3 is 19.5 Å². The van der Waals surface area contributed by atoms with E-state index >= 15 is 0 Å². The fourth-order valence-electron chi connectivity index (χ4n) is 1.35. The highest BCUT2D eigenvalue weighted by atomic mass is 19.1. The van der Waals surface area contributed by atoms with E-state index in [2.05, 4.69) is 9.72 Å². The summed E-state index contributed by atoms with van der Waals surface area (Å²) in [7, 11) is -0.505. The van der Waals surface area contributed by atoms with Crippen LogP contribution in [-0.4, -0.2) is 46.5 Å². The highest BCUT2D eigenvalue weighted by Crippen LogP contribution is 2.25. The molecule has 0 saturated heterocycles. The van der Waals surface area contributed by atoms with Gasteiger partial charge in [0.05, 0.1) is 24.5 Å². The van der Waals surface area contributed by atoms with Crippen LogP contribution in [0.5, 0.6) is 0 Å². The number of carbonyl (C=O) groups is 1. The second-order valence-corrected chi connectivity index (χ2v) is 5.62. The Kier molecular flexibility index (Phi) is 5.09. The molecule has 1 aromatic heterocycles. The van der Waals surface area contributed by atoms with Crippen LogP contribution in [0.25, 0.3) is 0 Å². The van der Waals surface area contributed by atoms with Gasteiger partial charge in [-0.25, -0.2) is 14.2 Å². The molecule has 0 amide bonds. The van der Waals surface area contributed by atoms with Gasteiger partial charge in [-0.1, -0.05) is 0 Å². The lowest BCUT2D eigenvalue weighted by Gasteiger charge is -2.38. The summed E-state index contributed by atoms with van der Waals surface area (Å²) in [6, 6.07) is 1.05. The number of aromatic nitrogens is 1. The Balaban J connectivity index is 3.07. The van der Waals surface area contributed by atoms with Crippen molar-refractivity contribution in [1.82, 2.24) is 4.98 Å². The summed E-state index contributed by atoms with van der Waals surface area (Å²) in [5.41, 5.74) is -2.85. The van der Waals surface area contributed by atoms with E-state index in [9.17, 15) is 19.3 Å². The Morgan fingerprint density at radius 1 is 1.38 bits per heavy atom. The van der Waals surface area contributed by atoms with Gasteiger partial charge in [-0.15, -0.1) is 0 Å². The Morgan fingerprint density at radius 2 is 1.95 bits per heavy atom. The predicted octanol–water partition coefficient (Wildman–Crippen LogP) is 0.261. The Morgan fingerprint density at radius 3 is 2.43 bits per heavy atom. The first-order valence-electron chi connectivity index (χ1n) is 6.31. The quantitative estimate of drug-likeness (QED) is 0.599. The standard InChI is InChI=1S/C13H19BFNO5/c1-12(2,18)13(3,4)21-14(19)8-6-10(11(17)20-5)16-7-9(8)15/h6-7,18-19H,1-5H3. The number of pyridine rings is 1. The predicted molar refractivity (Wildman–Crippen MR) is 74.6 cm³/mol. The number of hydrogen-bond acceptors (Lipinski definition) is 6. The number of carbonyl (C=O) groups excluding carboxylic acids is 1. The molecule has 1 aromatic rings. The molecule has 0 radical (unpaired) electrons. The maximum Gasteiger partial charge on any atom is 0.494 e. The summed E-state index contributed by atoms with van der Waals surface area (Å²) < 4.78 is 23.5. The molecule has 6 nitrogen and oxygen atoms in total. The molecule has 2 N–H and O–H groups in total. The second kappa shape index (κ2) is 6.09. The van der Waals surface area contributed by atoms with E-state index in [-0.39, 0.29) is 11.2 Å². The van der Waals surface area contributed by atoms with Gasteiger partial charge in [0.15, 0.2) is 0 Å². The van der Waals surface area contributed by atoms with Crippen molar-refractivity contribution in [2.45, 2.75) is 38.9 Å². The minimum atomic E-state index is -1.67. The molecule has 21 heavy (non-hydrogen) atoms. The van der Waals surface area contributed by atoms with E-state index in [1.54, 1.807) is 13.8 Å². The SMILES string of the molecule is COC(=O)c1cc(B(O)OC(C)(C)C(C)(C)O)c(F)cn1. The smallest absolute Gasteiger partial charge is 0.464 e. The molecule has 0 bridgehead atoms. The third-order valence-corrected chi connectivity index (χ3v) is 3.43. The summed E-state index contributed by atoms with van der Waals surface area (Å²) in [4.78, 5) is 14.9. The molecule has 0 atom stereocenters. The third-order valence-electron chi connectivity index (χ3n) is 3.43. The van der Waals surface area contributed by atoms with Crippen LogP contribution in [-0.2, 0) is 9.39 Å². The van der Waals surface area contributed by atoms with Crippen molar-refractivity contribution in [3.63, 3.8) is 0 Å². The monoisotopic (exact) mass is 299 g/mol. The molecule has 0 aliphatic heterocycles. The fourth-order valence-corrected chi connectivity index (χ4v) is 1.35. The zero-order valence-electron chi connectivity index (χ0n) is 12.7. The lowest BCUT2D eigenvalue weighted by atomic mass is 9.76. The van der Waals surface area contributed by atoms with Crippen LogP contribution in [0.2, 0.25) is 0 Å². The van der Waals surface area contributed by atoms with Gasteiger partial charge in [0.1, 0.15) is 11.5 Å². The van der Waals surface area contributed by atoms with Crippen molar-refractivity contribution in [3.05, 3.63) is 23.8 Å². The first-order chi connectivity index (χ1) is 9.49. The van der Waals surface area contributed by atoms with E-state index in [1.807, 2.05) is 0 Å². The van der Waals surface area contributed by atoms with Crippen molar-refractivity contribution in [2.24, 2.45) is 0 Å². The van der Waals surface area contributed by atoms with Gasteiger partial charge in [-0.2, -0.15) is 0 Å². The zero-order chi connectivity index (χ0) is 16.4. The van der Waals surface area contributed by atoms with E-state index in [4.69, 9.17) is 4.65 Å². The zero-order valence-corrected chi connectivity index (χ0v) is 12.7. The van der Waals surface area contributed by atoms with Crippen molar-refractivity contribution in [3.8, 4) is 0 Å². The number of nitrogens with zero attached hydrogens (tertiary/aromatic N) is 1. The summed E-state index contributed by atoms with van der Waals surface area (Å²) >= 11 is 0. The maximum absolute atomic E-state index is 13.7. The molecule has 116 valence electrons. The van der Waals surface area contributed by atoms with E-state index in [0.29, 0.717) is 0 Å². The molecule has 0 spiro atoms. The average Bonchev–Trinajstić information content (AvgIpc) is 2.36. The molecule has 0 aromatic carbocycles. The van der Waals surface area contributed by atoms with Gasteiger partial charge >= 0.3 is 13.1 Å². The number of aliphatic hydroxyl groups is 1. The number of rotatable bonds is 5. The molecule has 8 heteroatoms. The molecule has 0 unspecified atom stereocenters. The first kappa shape index (κ1) is 17.5. The molecular weight excluding hydrogens is 280 g/mol. The first-order valence-corrected chi connectivity index (χ1v) is 6.31. The second-order valence-electron chi connectivity index (χ2n) is 5.62. The van der Waals surface area contributed by atoms with Crippen LogP contribution < -0.4 is 5.46 Å². The molecule has 1 heterocycles. The number of ether oxygens (including phenoxy) is 1. The van der Waals surface area contributed by atoms with Crippen LogP contribution >= 0.6 is 0 Å². The third kappa shape index (κ3) is 3.99. The number of hydrogen-bond donors (Lipinski definition) is 2. The summed E-state index contributed by atoms with van der Waals surface area (Å²) in [6.07, 6.45) is 0.797. The normalized spacial score (nSPS) is 12.2. The van der Waals surface area contributed by atoms with Crippen molar-refractivity contribution in [1.29, 1.82) is 0 Å². The lowest BCUT2D eigenvalue weighted by molar-refractivity contribution is -0.0983. The topological polar surface area (TPSA) is 88.9 Å². The number of esters is 1. The van der Waals surface area contributed by atoms with E-state index in [0.717, 1.165) is 19.4 Å². The maximum atomic E-state index is 13.7. The van der Waals surface area contributed by atoms with E-state index in [1.165, 1.54) is 13.8 Å². The largest absolute Gasteiger partial charge is 0.494 e. The van der Waals surface area contributed by atoms with Gasteiger partial charge in [0.25, 0.3) is 0 Å². The lowest BCUT2D eigenvalue weighted by Crippen LogP contribution is -2.53. The van der Waals surface area contributed by atoms with Crippen LogP contribution in [0, 0.1) is 5.82 Å². The van der Waals surface area contributed by atoms with Crippen molar-refractivity contribution >= 4 is 18.6 Å². The summed E-state index contributed by atoms with van der Waals surface area (Å²) in [5.74, 6) is -1.59. The van der Waals surface area contributed by atoms with E-state index < -0.39 is 30.1 Å². The number of halogens is 1. The van der Waals surface area contributed by atoms with Gasteiger partial charge in [0, 0.05) is 5.46 Å². The Labute approximate surface area is 123 Å². The average molecular weight is 299 g/mol. The van der Waals surface area contributed by atoms with Crippen LogP contribution in [0.1, 0.15) is 38.2 Å². The molecule has 0 aliphatic rings. The highest BCUT2D eigenvalue weighted by molar-refractivity contribution is 6.60. The van der Waals surface area contributed by atoms with Crippen molar-refractivity contribution < 1.29 is 28.7 Å².